The lowest BCUT2D eigenvalue weighted by Gasteiger charge is -2.15. The molecule has 0 fully saturated rings. The third-order valence-electron chi connectivity index (χ3n) is 5.25. The molecule has 4 rings (SSSR count). The van der Waals surface area contributed by atoms with E-state index in [1.807, 2.05) is 6.92 Å². The van der Waals surface area contributed by atoms with Gasteiger partial charge in [-0.15, -0.1) is 11.3 Å². The van der Waals surface area contributed by atoms with Crippen LogP contribution in [0.25, 0.3) is 10.2 Å². The lowest BCUT2D eigenvalue weighted by atomic mass is 10.2. The van der Waals surface area contributed by atoms with E-state index in [0.29, 0.717) is 11.7 Å². The molecule has 10 heteroatoms. The molecular formula is C21H22N4O4S2. The number of benzene rings is 1. The molecule has 0 saturated heterocycles. The number of amides is 1. The lowest BCUT2D eigenvalue weighted by molar-refractivity contribution is -0.383. The first-order valence-electron chi connectivity index (χ1n) is 10.2. The Morgan fingerprint density at radius 1 is 1.39 bits per heavy atom. The van der Waals surface area contributed by atoms with E-state index in [2.05, 4.69) is 5.32 Å². The molecule has 0 radical (unpaired) electrons. The molecule has 1 aliphatic carbocycles. The number of thiophene rings is 1. The minimum Gasteiger partial charge on any atom is -0.319 e. The maximum Gasteiger partial charge on any atom is 0.292 e. The smallest absolute Gasteiger partial charge is 0.292 e. The molecule has 1 unspecified atom stereocenters. The van der Waals surface area contributed by atoms with Crippen molar-refractivity contribution in [2.75, 3.05) is 5.32 Å². The van der Waals surface area contributed by atoms with Crippen molar-refractivity contribution in [3.8, 4) is 0 Å². The number of carbonyl (C=O) groups is 1. The summed E-state index contributed by atoms with van der Waals surface area (Å²) in [5.74, 6) is -0.384. The number of aryl methyl sites for hydroxylation is 2. The zero-order chi connectivity index (χ0) is 22.1. The van der Waals surface area contributed by atoms with Crippen LogP contribution in [0.15, 0.2) is 34.2 Å². The third kappa shape index (κ3) is 4.09. The number of anilines is 1. The summed E-state index contributed by atoms with van der Waals surface area (Å²) in [4.78, 5) is 43.4. The van der Waals surface area contributed by atoms with Crippen molar-refractivity contribution in [2.45, 2.75) is 56.5 Å². The van der Waals surface area contributed by atoms with E-state index in [1.54, 1.807) is 35.0 Å². The van der Waals surface area contributed by atoms with Crippen molar-refractivity contribution in [2.24, 2.45) is 0 Å². The van der Waals surface area contributed by atoms with Crippen LogP contribution in [0.5, 0.6) is 0 Å². The predicted molar refractivity (Wildman–Crippen MR) is 123 cm³/mol. The molecule has 0 spiro atoms. The molecule has 0 aliphatic heterocycles. The zero-order valence-electron chi connectivity index (χ0n) is 17.2. The molecule has 2 heterocycles. The van der Waals surface area contributed by atoms with Crippen LogP contribution in [-0.2, 0) is 24.2 Å². The standard InChI is InChI=1S/C21H22N4O4S2/c1-3-11-24-20(27)17-13-7-6-10-16(13)31-19(17)23-21(24)30-12(2)18(26)22-14-8-4-5-9-15(14)25(28)29/h4-5,8-9,12H,3,6-7,10-11H2,1-2H3,(H,22,26). The number of nitrogens with one attached hydrogen (secondary N) is 1. The molecule has 0 bridgehead atoms. The van der Waals surface area contributed by atoms with Crippen molar-refractivity contribution in [1.29, 1.82) is 0 Å². The second-order valence-corrected chi connectivity index (χ2v) is 9.80. The monoisotopic (exact) mass is 458 g/mol. The van der Waals surface area contributed by atoms with Crippen molar-refractivity contribution < 1.29 is 9.72 Å². The molecule has 31 heavy (non-hydrogen) atoms. The molecule has 1 N–H and O–H groups in total. The zero-order valence-corrected chi connectivity index (χ0v) is 18.8. The molecule has 1 atom stereocenters. The molecule has 8 nitrogen and oxygen atoms in total. The van der Waals surface area contributed by atoms with Gasteiger partial charge in [-0.05, 0) is 44.2 Å². The Balaban J connectivity index is 1.63. The van der Waals surface area contributed by atoms with Gasteiger partial charge in [0.25, 0.3) is 11.2 Å². The fourth-order valence-electron chi connectivity index (χ4n) is 3.75. The van der Waals surface area contributed by atoms with Crippen LogP contribution in [0.2, 0.25) is 0 Å². The Morgan fingerprint density at radius 3 is 2.90 bits per heavy atom. The summed E-state index contributed by atoms with van der Waals surface area (Å²) in [5.41, 5.74) is 1.08. The Kier molecular flexibility index (Phi) is 6.10. The number of para-hydroxylation sites is 2. The molecule has 2 aromatic heterocycles. The number of thioether (sulfide) groups is 1. The number of hydrogen-bond acceptors (Lipinski definition) is 7. The first kappa shape index (κ1) is 21.5. The fraction of sp³-hybridized carbons (Fsp3) is 0.381. The van der Waals surface area contributed by atoms with Gasteiger partial charge in [-0.2, -0.15) is 0 Å². The normalized spacial score (nSPS) is 13.9. The number of carbonyl (C=O) groups excluding carboxylic acids is 1. The Labute approximate surface area is 186 Å². The predicted octanol–water partition coefficient (Wildman–Crippen LogP) is 4.38. The third-order valence-corrected chi connectivity index (χ3v) is 7.52. The van der Waals surface area contributed by atoms with Crippen molar-refractivity contribution in [3.05, 3.63) is 55.2 Å². The minimum atomic E-state index is -0.598. The molecule has 1 amide bonds. The summed E-state index contributed by atoms with van der Waals surface area (Å²) < 4.78 is 1.66. The van der Waals surface area contributed by atoms with Gasteiger partial charge in [0.1, 0.15) is 10.5 Å². The average Bonchev–Trinajstić information content (AvgIpc) is 3.31. The fourth-order valence-corrected chi connectivity index (χ4v) is 5.99. The van der Waals surface area contributed by atoms with E-state index in [9.17, 15) is 19.7 Å². The maximum absolute atomic E-state index is 13.3. The van der Waals surface area contributed by atoms with E-state index in [1.165, 1.54) is 28.8 Å². The summed E-state index contributed by atoms with van der Waals surface area (Å²) in [6.07, 6.45) is 3.74. The number of fused-ring (bicyclic) bond motifs is 3. The van der Waals surface area contributed by atoms with Crippen molar-refractivity contribution in [1.82, 2.24) is 9.55 Å². The highest BCUT2D eigenvalue weighted by molar-refractivity contribution is 8.00. The number of aromatic nitrogens is 2. The average molecular weight is 459 g/mol. The molecule has 162 valence electrons. The quantitative estimate of drug-likeness (QED) is 0.244. The van der Waals surface area contributed by atoms with Gasteiger partial charge in [-0.3, -0.25) is 24.3 Å². The van der Waals surface area contributed by atoms with Gasteiger partial charge in [0.15, 0.2) is 5.16 Å². The number of hydrogen-bond donors (Lipinski definition) is 1. The summed E-state index contributed by atoms with van der Waals surface area (Å²) >= 11 is 2.77. The van der Waals surface area contributed by atoms with Gasteiger partial charge in [0.05, 0.1) is 15.6 Å². The van der Waals surface area contributed by atoms with E-state index in [0.717, 1.165) is 41.5 Å². The van der Waals surface area contributed by atoms with Crippen LogP contribution in [0.1, 0.15) is 37.1 Å². The number of nitrogens with zero attached hydrogens (tertiary/aromatic N) is 3. The largest absolute Gasteiger partial charge is 0.319 e. The molecular weight excluding hydrogens is 436 g/mol. The highest BCUT2D eigenvalue weighted by Gasteiger charge is 2.25. The minimum absolute atomic E-state index is 0.0416. The number of rotatable bonds is 7. The van der Waals surface area contributed by atoms with Crippen LogP contribution in [-0.4, -0.2) is 25.6 Å². The summed E-state index contributed by atoms with van der Waals surface area (Å²) in [6.45, 7) is 4.22. The highest BCUT2D eigenvalue weighted by atomic mass is 32.2. The highest BCUT2D eigenvalue weighted by Crippen LogP contribution is 2.36. The van der Waals surface area contributed by atoms with Crippen LogP contribution in [0.4, 0.5) is 11.4 Å². The second-order valence-electron chi connectivity index (χ2n) is 7.41. The molecule has 3 aromatic rings. The van der Waals surface area contributed by atoms with Crippen molar-refractivity contribution in [3.63, 3.8) is 0 Å². The van der Waals surface area contributed by atoms with Crippen LogP contribution < -0.4 is 10.9 Å². The summed E-state index contributed by atoms with van der Waals surface area (Å²) in [7, 11) is 0. The Morgan fingerprint density at radius 2 is 2.16 bits per heavy atom. The number of nitro groups is 1. The first-order valence-corrected chi connectivity index (χ1v) is 11.9. The van der Waals surface area contributed by atoms with Gasteiger partial charge in [0.2, 0.25) is 5.91 Å². The number of nitro benzene ring substituents is 1. The van der Waals surface area contributed by atoms with Gasteiger partial charge in [-0.25, -0.2) is 4.98 Å². The Bertz CT molecular complexity index is 1230. The van der Waals surface area contributed by atoms with E-state index in [-0.39, 0.29) is 22.8 Å². The van der Waals surface area contributed by atoms with Crippen molar-refractivity contribution >= 4 is 50.6 Å². The summed E-state index contributed by atoms with van der Waals surface area (Å²) in [5, 5.41) is 14.5. The van der Waals surface area contributed by atoms with Gasteiger partial charge in [0, 0.05) is 17.5 Å². The molecule has 0 saturated carbocycles. The van der Waals surface area contributed by atoms with Crippen LogP contribution in [0, 0.1) is 10.1 Å². The molecule has 1 aliphatic rings. The summed E-state index contributed by atoms with van der Waals surface area (Å²) in [6, 6.07) is 6.02. The van der Waals surface area contributed by atoms with Crippen LogP contribution >= 0.6 is 23.1 Å². The second kappa shape index (κ2) is 8.80. The first-order chi connectivity index (χ1) is 14.9. The van der Waals surface area contributed by atoms with Gasteiger partial charge >= 0.3 is 0 Å². The van der Waals surface area contributed by atoms with Crippen LogP contribution in [0.3, 0.4) is 0 Å². The topological polar surface area (TPSA) is 107 Å². The van der Waals surface area contributed by atoms with Gasteiger partial charge in [-0.1, -0.05) is 30.8 Å². The lowest BCUT2D eigenvalue weighted by Crippen LogP contribution is -2.27. The SMILES string of the molecule is CCCn1c(SC(C)C(=O)Nc2ccccc2[N+](=O)[O-])nc2sc3c(c2c1=O)CCC3. The molecule has 1 aromatic carbocycles. The maximum atomic E-state index is 13.3. The van der Waals surface area contributed by atoms with E-state index < -0.39 is 10.2 Å². The Hall–Kier alpha value is -2.72. The van der Waals surface area contributed by atoms with Gasteiger partial charge < -0.3 is 5.32 Å². The van der Waals surface area contributed by atoms with E-state index >= 15 is 0 Å². The van der Waals surface area contributed by atoms with E-state index in [4.69, 9.17) is 4.98 Å².